The summed E-state index contributed by atoms with van der Waals surface area (Å²) in [5.74, 6) is 1.10. The molecule has 1 rings (SSSR count). The second-order valence-corrected chi connectivity index (χ2v) is 3.01. The Labute approximate surface area is 83.1 Å². The van der Waals surface area contributed by atoms with E-state index < -0.39 is 0 Å². The quantitative estimate of drug-likeness (QED) is 0.688. The molecule has 0 aliphatic rings. The molecule has 0 aliphatic heterocycles. The van der Waals surface area contributed by atoms with Gasteiger partial charge >= 0.3 is 0 Å². The van der Waals surface area contributed by atoms with Crippen LogP contribution in [0.4, 0.5) is 0 Å². The number of aliphatic hydroxyl groups is 1. The Kier molecular flexibility index (Phi) is 4.35. The van der Waals surface area contributed by atoms with E-state index in [1.54, 1.807) is 12.1 Å². The van der Waals surface area contributed by atoms with E-state index in [-0.39, 0.29) is 6.61 Å². The number of carbonyl (C=O) groups is 1. The largest absolute Gasteiger partial charge is 0.457 e. The van der Waals surface area contributed by atoms with Gasteiger partial charge in [0.15, 0.2) is 12.0 Å². The van der Waals surface area contributed by atoms with Gasteiger partial charge in [-0.05, 0) is 18.7 Å². The lowest BCUT2D eigenvalue weighted by molar-refractivity contribution is 0.109. The fourth-order valence-corrected chi connectivity index (χ4v) is 1.25. The van der Waals surface area contributed by atoms with Crippen molar-refractivity contribution in [1.29, 1.82) is 0 Å². The number of hydrogen-bond acceptors (Lipinski definition) is 4. The van der Waals surface area contributed by atoms with Gasteiger partial charge in [-0.2, -0.15) is 0 Å². The summed E-state index contributed by atoms with van der Waals surface area (Å²) in [6.07, 6.45) is 0.686. The second-order valence-electron chi connectivity index (χ2n) is 3.01. The van der Waals surface area contributed by atoms with Crippen LogP contribution in [0.5, 0.6) is 0 Å². The van der Waals surface area contributed by atoms with Crippen LogP contribution in [-0.2, 0) is 6.54 Å². The predicted octanol–water partition coefficient (Wildman–Crippen LogP) is 0.906. The van der Waals surface area contributed by atoms with Gasteiger partial charge in [-0.25, -0.2) is 0 Å². The summed E-state index contributed by atoms with van der Waals surface area (Å²) < 4.78 is 5.22. The van der Waals surface area contributed by atoms with E-state index in [1.807, 2.05) is 11.8 Å². The van der Waals surface area contributed by atoms with Crippen molar-refractivity contribution in [3.63, 3.8) is 0 Å². The van der Waals surface area contributed by atoms with Gasteiger partial charge in [-0.15, -0.1) is 0 Å². The summed E-state index contributed by atoms with van der Waals surface area (Å²) in [6.45, 7) is 4.24. The maximum atomic E-state index is 10.4. The highest BCUT2D eigenvalue weighted by atomic mass is 16.3. The Morgan fingerprint density at radius 1 is 1.57 bits per heavy atom. The molecule has 0 fully saturated rings. The fraction of sp³-hybridized carbons (Fsp3) is 0.500. The summed E-state index contributed by atoms with van der Waals surface area (Å²) in [5.41, 5.74) is 0. The van der Waals surface area contributed by atoms with Gasteiger partial charge in [0.05, 0.1) is 13.2 Å². The zero-order valence-corrected chi connectivity index (χ0v) is 8.27. The van der Waals surface area contributed by atoms with E-state index in [1.165, 1.54) is 0 Å². The lowest BCUT2D eigenvalue weighted by Gasteiger charge is -2.16. The molecule has 0 radical (unpaired) electrons. The summed E-state index contributed by atoms with van der Waals surface area (Å²) in [6, 6.07) is 3.43. The molecule has 78 valence electrons. The lowest BCUT2D eigenvalue weighted by atomic mass is 10.4. The molecule has 1 aromatic heterocycles. The Bertz CT molecular complexity index is 283. The molecule has 1 heterocycles. The highest BCUT2D eigenvalue weighted by molar-refractivity contribution is 5.70. The zero-order chi connectivity index (χ0) is 10.4. The van der Waals surface area contributed by atoms with Crippen LogP contribution in [-0.4, -0.2) is 36.0 Å². The number of furan rings is 1. The van der Waals surface area contributed by atoms with E-state index in [9.17, 15) is 4.79 Å². The molecule has 0 unspecified atom stereocenters. The number of aldehydes is 1. The number of likely N-dealkylation sites (N-methyl/N-ethyl adjacent to an activating group) is 1. The molecule has 1 aromatic rings. The van der Waals surface area contributed by atoms with Gasteiger partial charge in [0.1, 0.15) is 5.76 Å². The van der Waals surface area contributed by atoms with Crippen molar-refractivity contribution in [1.82, 2.24) is 4.90 Å². The van der Waals surface area contributed by atoms with Crippen LogP contribution < -0.4 is 0 Å². The van der Waals surface area contributed by atoms with Gasteiger partial charge in [0.25, 0.3) is 0 Å². The Hall–Kier alpha value is -1.13. The highest BCUT2D eigenvalue weighted by Gasteiger charge is 2.06. The first kappa shape index (κ1) is 10.9. The van der Waals surface area contributed by atoms with Gasteiger partial charge in [0, 0.05) is 6.54 Å². The van der Waals surface area contributed by atoms with Crippen molar-refractivity contribution in [2.75, 3.05) is 19.7 Å². The minimum absolute atomic E-state index is 0.134. The fourth-order valence-electron chi connectivity index (χ4n) is 1.25. The molecule has 14 heavy (non-hydrogen) atoms. The summed E-state index contributed by atoms with van der Waals surface area (Å²) in [5, 5.41) is 8.77. The molecule has 0 aliphatic carbocycles. The number of hydrogen-bond donors (Lipinski definition) is 1. The molecular formula is C10H15NO3. The van der Waals surface area contributed by atoms with E-state index in [4.69, 9.17) is 9.52 Å². The normalized spacial score (nSPS) is 10.8. The Morgan fingerprint density at radius 2 is 2.36 bits per heavy atom. The minimum atomic E-state index is 0.134. The minimum Gasteiger partial charge on any atom is -0.457 e. The SMILES string of the molecule is CCN(CCO)Cc1ccc(C=O)o1. The number of carbonyl (C=O) groups excluding carboxylic acids is 1. The molecule has 0 bridgehead atoms. The second kappa shape index (κ2) is 5.57. The first-order valence-corrected chi connectivity index (χ1v) is 4.67. The molecule has 4 nitrogen and oxygen atoms in total. The molecule has 0 saturated carbocycles. The number of aliphatic hydroxyl groups excluding tert-OH is 1. The van der Waals surface area contributed by atoms with Crippen molar-refractivity contribution < 1.29 is 14.3 Å². The van der Waals surface area contributed by atoms with Crippen molar-refractivity contribution in [3.05, 3.63) is 23.7 Å². The van der Waals surface area contributed by atoms with Gasteiger partial charge in [-0.1, -0.05) is 6.92 Å². The van der Waals surface area contributed by atoms with E-state index >= 15 is 0 Å². The van der Waals surface area contributed by atoms with Crippen LogP contribution in [0.2, 0.25) is 0 Å². The van der Waals surface area contributed by atoms with Crippen LogP contribution in [0.1, 0.15) is 23.2 Å². The van der Waals surface area contributed by atoms with E-state index in [2.05, 4.69) is 0 Å². The molecule has 4 heteroatoms. The third-order valence-corrected chi connectivity index (χ3v) is 2.04. The molecule has 0 amide bonds. The molecule has 0 saturated heterocycles. The predicted molar refractivity (Wildman–Crippen MR) is 52.1 cm³/mol. The van der Waals surface area contributed by atoms with Crippen molar-refractivity contribution >= 4 is 6.29 Å². The summed E-state index contributed by atoms with van der Waals surface area (Å²) in [4.78, 5) is 12.4. The average molecular weight is 197 g/mol. The van der Waals surface area contributed by atoms with E-state index in [0.29, 0.717) is 25.1 Å². The van der Waals surface area contributed by atoms with Crippen molar-refractivity contribution in [3.8, 4) is 0 Å². The maximum absolute atomic E-state index is 10.4. The molecule has 0 spiro atoms. The molecule has 0 atom stereocenters. The monoisotopic (exact) mass is 197 g/mol. The van der Waals surface area contributed by atoms with Gasteiger partial charge < -0.3 is 9.52 Å². The molecule has 0 aromatic carbocycles. The third kappa shape index (κ3) is 2.97. The lowest BCUT2D eigenvalue weighted by Crippen LogP contribution is -2.25. The third-order valence-electron chi connectivity index (χ3n) is 2.04. The molecular weight excluding hydrogens is 182 g/mol. The highest BCUT2D eigenvalue weighted by Crippen LogP contribution is 2.08. The Balaban J connectivity index is 2.52. The summed E-state index contributed by atoms with van der Waals surface area (Å²) >= 11 is 0. The van der Waals surface area contributed by atoms with Gasteiger partial charge in [0.2, 0.25) is 0 Å². The average Bonchev–Trinajstić information content (AvgIpc) is 2.65. The first-order chi connectivity index (χ1) is 6.80. The maximum Gasteiger partial charge on any atom is 0.185 e. The topological polar surface area (TPSA) is 53.7 Å². The zero-order valence-electron chi connectivity index (χ0n) is 8.27. The standard InChI is InChI=1S/C10H15NO3/c1-2-11(5-6-12)7-9-3-4-10(8-13)14-9/h3-4,8,12H,2,5-7H2,1H3. The first-order valence-electron chi connectivity index (χ1n) is 4.67. The van der Waals surface area contributed by atoms with Crippen molar-refractivity contribution in [2.24, 2.45) is 0 Å². The van der Waals surface area contributed by atoms with Crippen LogP contribution in [0.25, 0.3) is 0 Å². The van der Waals surface area contributed by atoms with Gasteiger partial charge in [-0.3, -0.25) is 9.69 Å². The van der Waals surface area contributed by atoms with Crippen LogP contribution in [0.15, 0.2) is 16.5 Å². The van der Waals surface area contributed by atoms with E-state index in [0.717, 1.165) is 12.3 Å². The summed E-state index contributed by atoms with van der Waals surface area (Å²) in [7, 11) is 0. The number of rotatable bonds is 6. The van der Waals surface area contributed by atoms with Crippen LogP contribution in [0.3, 0.4) is 0 Å². The van der Waals surface area contributed by atoms with Crippen LogP contribution >= 0.6 is 0 Å². The molecule has 1 N–H and O–H groups in total. The smallest absolute Gasteiger partial charge is 0.185 e. The van der Waals surface area contributed by atoms with Crippen molar-refractivity contribution in [2.45, 2.75) is 13.5 Å². The van der Waals surface area contributed by atoms with Crippen LogP contribution in [0, 0.1) is 0 Å². The number of nitrogens with zero attached hydrogens (tertiary/aromatic N) is 1. The Morgan fingerprint density at radius 3 is 2.86 bits per heavy atom.